The topological polar surface area (TPSA) is 86.5 Å². The van der Waals surface area contributed by atoms with Gasteiger partial charge in [0, 0.05) is 13.7 Å². The number of hydrogen-bond acceptors (Lipinski definition) is 6. The summed E-state index contributed by atoms with van der Waals surface area (Å²) in [5, 5.41) is 7.55. The Kier molecular flexibility index (Phi) is 5.27. The maximum absolute atomic E-state index is 12.9. The molecule has 0 radical (unpaired) electrons. The number of nitrogens with zero attached hydrogens (tertiary/aromatic N) is 2. The van der Waals surface area contributed by atoms with Crippen LogP contribution >= 0.6 is 0 Å². The molecular weight excluding hydrogens is 334 g/mol. The van der Waals surface area contributed by atoms with Crippen molar-refractivity contribution in [2.75, 3.05) is 13.7 Å². The van der Waals surface area contributed by atoms with Crippen molar-refractivity contribution in [3.8, 4) is 0 Å². The van der Waals surface area contributed by atoms with Crippen LogP contribution in [0.5, 0.6) is 0 Å². The first kappa shape index (κ1) is 17.9. The molecule has 2 unspecified atom stereocenters. The van der Waals surface area contributed by atoms with Gasteiger partial charge in [0.15, 0.2) is 5.82 Å². The van der Waals surface area contributed by atoms with Crippen molar-refractivity contribution in [3.05, 3.63) is 11.7 Å². The van der Waals surface area contributed by atoms with Crippen molar-refractivity contribution in [1.82, 2.24) is 15.5 Å². The third-order valence-corrected chi connectivity index (χ3v) is 5.96. The number of amides is 1. The number of rotatable bonds is 6. The Hall–Kier alpha value is -1.47. The second kappa shape index (κ2) is 7.64. The number of methoxy groups -OCH3 is 1. The summed E-state index contributed by atoms with van der Waals surface area (Å²) in [7, 11) is 1.62. The Morgan fingerprint density at radius 3 is 2.58 bits per heavy atom. The summed E-state index contributed by atoms with van der Waals surface area (Å²) in [5.74, 6) is 1.45. The van der Waals surface area contributed by atoms with Crippen molar-refractivity contribution >= 4 is 5.91 Å². The quantitative estimate of drug-likeness (QED) is 0.782. The van der Waals surface area contributed by atoms with Crippen molar-refractivity contribution in [2.24, 2.45) is 5.92 Å². The second-order valence-electron chi connectivity index (χ2n) is 7.94. The van der Waals surface area contributed by atoms with Crippen LogP contribution in [0.2, 0.25) is 0 Å². The fourth-order valence-electron chi connectivity index (χ4n) is 4.29. The summed E-state index contributed by atoms with van der Waals surface area (Å²) in [6, 6.07) is 0. The van der Waals surface area contributed by atoms with E-state index in [1.54, 1.807) is 7.11 Å². The van der Waals surface area contributed by atoms with Gasteiger partial charge in [-0.1, -0.05) is 30.8 Å². The molecule has 2 atom stereocenters. The van der Waals surface area contributed by atoms with Gasteiger partial charge in [-0.2, -0.15) is 4.98 Å². The molecule has 1 aromatic rings. The van der Waals surface area contributed by atoms with E-state index >= 15 is 0 Å². The van der Waals surface area contributed by atoms with E-state index in [-0.39, 0.29) is 18.1 Å². The standard InChI is InChI=1S/C19H29N3O4/c1-24-15(13-8-9-13)16(23)21-19(10-4-2-3-5-11-19)18-20-17(26-22-18)14-7-6-12-25-14/h13-15H,2-12H2,1H3,(H,21,23). The Bertz CT molecular complexity index is 614. The third-order valence-electron chi connectivity index (χ3n) is 5.96. The lowest BCUT2D eigenvalue weighted by molar-refractivity contribution is -0.134. The minimum atomic E-state index is -0.556. The Morgan fingerprint density at radius 1 is 1.19 bits per heavy atom. The second-order valence-corrected chi connectivity index (χ2v) is 7.94. The summed E-state index contributed by atoms with van der Waals surface area (Å²) < 4.78 is 16.7. The van der Waals surface area contributed by atoms with Crippen molar-refractivity contribution < 1.29 is 18.8 Å². The molecule has 1 aliphatic heterocycles. The summed E-state index contributed by atoms with van der Waals surface area (Å²) in [6.07, 6.45) is 9.68. The van der Waals surface area contributed by atoms with E-state index in [0.29, 0.717) is 17.6 Å². The van der Waals surface area contributed by atoms with Crippen LogP contribution in [0.15, 0.2) is 4.52 Å². The first-order valence-electron chi connectivity index (χ1n) is 10.0. The Morgan fingerprint density at radius 2 is 1.96 bits per heavy atom. The zero-order valence-electron chi connectivity index (χ0n) is 15.5. The zero-order valence-corrected chi connectivity index (χ0v) is 15.5. The SMILES string of the molecule is COC(C(=O)NC1(c2noc(C3CCCO3)n2)CCCCCC1)C1CC1. The maximum Gasteiger partial charge on any atom is 0.255 e. The highest BCUT2D eigenvalue weighted by Crippen LogP contribution is 2.38. The minimum Gasteiger partial charge on any atom is -0.371 e. The largest absolute Gasteiger partial charge is 0.371 e. The van der Waals surface area contributed by atoms with Gasteiger partial charge in [-0.15, -0.1) is 0 Å². The maximum atomic E-state index is 12.9. The van der Waals surface area contributed by atoms with E-state index in [9.17, 15) is 4.79 Å². The molecular formula is C19H29N3O4. The number of carbonyl (C=O) groups is 1. The van der Waals surface area contributed by atoms with Crippen LogP contribution in [0, 0.1) is 5.92 Å². The van der Waals surface area contributed by atoms with Gasteiger partial charge in [0.1, 0.15) is 17.7 Å². The monoisotopic (exact) mass is 363 g/mol. The molecule has 0 bridgehead atoms. The highest BCUT2D eigenvalue weighted by molar-refractivity contribution is 5.82. The van der Waals surface area contributed by atoms with Gasteiger partial charge in [0.25, 0.3) is 5.89 Å². The molecule has 1 N–H and O–H groups in total. The van der Waals surface area contributed by atoms with Crippen LogP contribution in [-0.2, 0) is 19.8 Å². The van der Waals surface area contributed by atoms with Crippen LogP contribution < -0.4 is 5.32 Å². The fraction of sp³-hybridized carbons (Fsp3) is 0.842. The van der Waals surface area contributed by atoms with Crippen molar-refractivity contribution in [3.63, 3.8) is 0 Å². The number of aromatic nitrogens is 2. The smallest absolute Gasteiger partial charge is 0.255 e. The van der Waals surface area contributed by atoms with Gasteiger partial charge in [0.2, 0.25) is 5.91 Å². The van der Waals surface area contributed by atoms with E-state index in [4.69, 9.17) is 14.0 Å². The van der Waals surface area contributed by atoms with Crippen molar-refractivity contribution in [2.45, 2.75) is 82.0 Å². The molecule has 2 saturated carbocycles. The average molecular weight is 363 g/mol. The van der Waals surface area contributed by atoms with E-state index in [2.05, 4.69) is 15.5 Å². The van der Waals surface area contributed by atoms with E-state index in [1.807, 2.05) is 0 Å². The predicted octanol–water partition coefficient (Wildman–Crippen LogP) is 3.01. The highest BCUT2D eigenvalue weighted by atomic mass is 16.5. The molecule has 1 amide bonds. The molecule has 3 fully saturated rings. The Labute approximate surface area is 154 Å². The first-order valence-corrected chi connectivity index (χ1v) is 10.0. The van der Waals surface area contributed by atoms with Crippen LogP contribution in [0.1, 0.15) is 82.0 Å². The minimum absolute atomic E-state index is 0.0413. The molecule has 7 heteroatoms. The highest BCUT2D eigenvalue weighted by Gasteiger charge is 2.44. The number of hydrogen-bond donors (Lipinski definition) is 1. The molecule has 4 rings (SSSR count). The van der Waals surface area contributed by atoms with Gasteiger partial charge in [-0.3, -0.25) is 4.79 Å². The van der Waals surface area contributed by atoms with Crippen LogP contribution in [0.3, 0.4) is 0 Å². The van der Waals surface area contributed by atoms with Gasteiger partial charge in [-0.05, 0) is 44.4 Å². The molecule has 7 nitrogen and oxygen atoms in total. The average Bonchev–Trinajstić information content (AvgIpc) is 3.17. The lowest BCUT2D eigenvalue weighted by atomic mass is 9.88. The molecule has 144 valence electrons. The molecule has 1 saturated heterocycles. The van der Waals surface area contributed by atoms with Gasteiger partial charge >= 0.3 is 0 Å². The lowest BCUT2D eigenvalue weighted by Crippen LogP contribution is -2.51. The van der Waals surface area contributed by atoms with Gasteiger partial charge in [0.05, 0.1) is 0 Å². The molecule has 26 heavy (non-hydrogen) atoms. The number of carbonyl (C=O) groups excluding carboxylic acids is 1. The summed E-state index contributed by atoms with van der Waals surface area (Å²) in [4.78, 5) is 17.6. The zero-order chi connectivity index (χ0) is 18.0. The van der Waals surface area contributed by atoms with Crippen LogP contribution in [0.4, 0.5) is 0 Å². The molecule has 0 aromatic carbocycles. The van der Waals surface area contributed by atoms with Crippen molar-refractivity contribution in [1.29, 1.82) is 0 Å². The molecule has 1 aromatic heterocycles. The third kappa shape index (κ3) is 3.64. The summed E-state index contributed by atoms with van der Waals surface area (Å²) in [6.45, 7) is 0.737. The lowest BCUT2D eigenvalue weighted by Gasteiger charge is -2.32. The molecule has 3 aliphatic rings. The molecule has 2 aliphatic carbocycles. The van der Waals surface area contributed by atoms with Gasteiger partial charge < -0.3 is 19.3 Å². The Balaban J connectivity index is 1.57. The van der Waals surface area contributed by atoms with Crippen LogP contribution in [-0.4, -0.2) is 35.9 Å². The summed E-state index contributed by atoms with van der Waals surface area (Å²) in [5.41, 5.74) is -0.556. The predicted molar refractivity (Wildman–Crippen MR) is 93.3 cm³/mol. The normalized spacial score (nSPS) is 27.0. The fourth-order valence-corrected chi connectivity index (χ4v) is 4.29. The molecule has 0 spiro atoms. The summed E-state index contributed by atoms with van der Waals surface area (Å²) >= 11 is 0. The van der Waals surface area contributed by atoms with Gasteiger partial charge in [-0.25, -0.2) is 0 Å². The van der Waals surface area contributed by atoms with E-state index in [1.165, 1.54) is 12.8 Å². The number of nitrogens with one attached hydrogen (secondary N) is 1. The van der Waals surface area contributed by atoms with E-state index in [0.717, 1.165) is 58.0 Å². The van der Waals surface area contributed by atoms with E-state index < -0.39 is 5.54 Å². The molecule has 2 heterocycles. The first-order chi connectivity index (χ1) is 12.7. The van der Waals surface area contributed by atoms with Crippen LogP contribution in [0.25, 0.3) is 0 Å². The number of ether oxygens (including phenoxy) is 2.